The van der Waals surface area contributed by atoms with E-state index in [1.54, 1.807) is 6.07 Å². The number of carbonyl (C=O) groups excluding carboxylic acids is 1. The summed E-state index contributed by atoms with van der Waals surface area (Å²) in [5.41, 5.74) is 0.463. The van der Waals surface area contributed by atoms with Crippen LogP contribution in [0.5, 0.6) is 5.75 Å². The number of hydrogen-bond acceptors (Lipinski definition) is 4. The van der Waals surface area contributed by atoms with Crippen molar-refractivity contribution >= 4 is 21.6 Å². The Kier molecular flexibility index (Phi) is 6.55. The lowest BCUT2D eigenvalue weighted by Gasteiger charge is -2.18. The van der Waals surface area contributed by atoms with Gasteiger partial charge in [0.2, 0.25) is 0 Å². The van der Waals surface area contributed by atoms with Crippen molar-refractivity contribution in [2.24, 2.45) is 0 Å². The molecular formula is C22H20F2N2O4S. The fraction of sp³-hybridized carbons (Fsp3) is 0.136. The average Bonchev–Trinajstić information content (AvgIpc) is 2.75. The first-order chi connectivity index (χ1) is 14.7. The molecule has 0 radical (unpaired) electrons. The summed E-state index contributed by atoms with van der Waals surface area (Å²) in [4.78, 5) is 13.9. The van der Waals surface area contributed by atoms with E-state index in [9.17, 15) is 22.0 Å². The van der Waals surface area contributed by atoms with E-state index in [0.29, 0.717) is 5.56 Å². The predicted octanol–water partition coefficient (Wildman–Crippen LogP) is 4.05. The van der Waals surface area contributed by atoms with Gasteiger partial charge in [0.05, 0.1) is 17.7 Å². The van der Waals surface area contributed by atoms with Gasteiger partial charge in [-0.3, -0.25) is 9.52 Å². The molecule has 9 heteroatoms. The van der Waals surface area contributed by atoms with Gasteiger partial charge in [0.15, 0.2) is 11.6 Å². The number of ether oxygens (including phenoxy) is 1. The number of para-hydroxylation sites is 1. The highest BCUT2D eigenvalue weighted by atomic mass is 32.2. The minimum Gasteiger partial charge on any atom is -0.494 e. The van der Waals surface area contributed by atoms with E-state index in [1.165, 1.54) is 73.7 Å². The second-order valence-electron chi connectivity index (χ2n) is 6.74. The molecule has 0 spiro atoms. The summed E-state index contributed by atoms with van der Waals surface area (Å²) in [7, 11) is -1.24. The minimum atomic E-state index is -4.11. The Bertz CT molecular complexity index is 1220. The molecule has 31 heavy (non-hydrogen) atoms. The molecule has 0 fully saturated rings. The lowest BCUT2D eigenvalue weighted by atomic mass is 10.1. The first kappa shape index (κ1) is 22.2. The fourth-order valence-electron chi connectivity index (χ4n) is 2.92. The third kappa shape index (κ3) is 5.18. The van der Waals surface area contributed by atoms with E-state index in [-0.39, 0.29) is 28.4 Å². The molecule has 0 aromatic heterocycles. The Morgan fingerprint density at radius 3 is 2.42 bits per heavy atom. The van der Waals surface area contributed by atoms with E-state index in [1.807, 2.05) is 0 Å². The molecule has 0 unspecified atom stereocenters. The van der Waals surface area contributed by atoms with Crippen LogP contribution >= 0.6 is 0 Å². The van der Waals surface area contributed by atoms with Crippen molar-refractivity contribution < 1.29 is 26.7 Å². The maximum atomic E-state index is 13.9. The molecule has 1 N–H and O–H groups in total. The highest BCUT2D eigenvalue weighted by molar-refractivity contribution is 7.92. The van der Waals surface area contributed by atoms with Gasteiger partial charge in [0, 0.05) is 19.2 Å². The maximum absolute atomic E-state index is 13.9. The summed E-state index contributed by atoms with van der Waals surface area (Å²) in [6, 6.07) is 15.1. The molecule has 0 saturated carbocycles. The monoisotopic (exact) mass is 446 g/mol. The average molecular weight is 446 g/mol. The molecule has 0 aliphatic heterocycles. The predicted molar refractivity (Wildman–Crippen MR) is 112 cm³/mol. The summed E-state index contributed by atoms with van der Waals surface area (Å²) >= 11 is 0. The second kappa shape index (κ2) is 9.13. The number of hydrogen-bond donors (Lipinski definition) is 1. The number of nitrogens with one attached hydrogen (secondary N) is 1. The van der Waals surface area contributed by atoms with E-state index < -0.39 is 27.6 Å². The summed E-state index contributed by atoms with van der Waals surface area (Å²) < 4.78 is 60.0. The van der Waals surface area contributed by atoms with Crippen molar-refractivity contribution in [1.82, 2.24) is 4.90 Å². The number of carbonyl (C=O) groups is 1. The zero-order valence-electron chi connectivity index (χ0n) is 16.8. The molecule has 0 heterocycles. The Balaban J connectivity index is 1.79. The van der Waals surface area contributed by atoms with Gasteiger partial charge in [-0.1, -0.05) is 24.3 Å². The first-order valence-corrected chi connectivity index (χ1v) is 10.6. The quantitative estimate of drug-likeness (QED) is 0.594. The molecule has 3 aromatic carbocycles. The Labute approximate surface area is 179 Å². The standard InChI is InChI=1S/C22H20F2N2O4S/c1-26(14-15-10-11-21(30-2)19(24)12-15)22(27)16-6-5-7-17(13-16)31(28,29)25-20-9-4-3-8-18(20)23/h3-13,25H,14H2,1-2H3. The van der Waals surface area contributed by atoms with E-state index in [2.05, 4.69) is 4.72 Å². The highest BCUT2D eigenvalue weighted by Gasteiger charge is 2.20. The summed E-state index contributed by atoms with van der Waals surface area (Å²) in [6.45, 7) is 0.101. The summed E-state index contributed by atoms with van der Waals surface area (Å²) in [5, 5.41) is 0. The Morgan fingerprint density at radius 1 is 1.00 bits per heavy atom. The minimum absolute atomic E-state index is 0.0954. The topological polar surface area (TPSA) is 75.7 Å². The molecule has 0 aliphatic rings. The van der Waals surface area contributed by atoms with Gasteiger partial charge in [0.25, 0.3) is 15.9 Å². The number of nitrogens with zero attached hydrogens (tertiary/aromatic N) is 1. The number of amides is 1. The largest absolute Gasteiger partial charge is 0.494 e. The van der Waals surface area contributed by atoms with Crippen molar-refractivity contribution in [3.8, 4) is 5.75 Å². The second-order valence-corrected chi connectivity index (χ2v) is 8.43. The third-order valence-corrected chi connectivity index (χ3v) is 5.86. The van der Waals surface area contributed by atoms with Crippen molar-refractivity contribution in [1.29, 1.82) is 0 Å². The number of halogens is 2. The van der Waals surface area contributed by atoms with Gasteiger partial charge in [-0.25, -0.2) is 17.2 Å². The Morgan fingerprint density at radius 2 is 1.74 bits per heavy atom. The molecule has 3 aromatic rings. The van der Waals surface area contributed by atoms with Gasteiger partial charge >= 0.3 is 0 Å². The van der Waals surface area contributed by atoms with Crippen molar-refractivity contribution in [2.45, 2.75) is 11.4 Å². The maximum Gasteiger partial charge on any atom is 0.262 e. The summed E-state index contributed by atoms with van der Waals surface area (Å²) in [5.74, 6) is -1.63. The van der Waals surface area contributed by atoms with Crippen molar-refractivity contribution in [2.75, 3.05) is 18.9 Å². The lowest BCUT2D eigenvalue weighted by molar-refractivity contribution is 0.0784. The van der Waals surface area contributed by atoms with Crippen LogP contribution in [0.4, 0.5) is 14.5 Å². The van der Waals surface area contributed by atoms with Gasteiger partial charge in [-0.15, -0.1) is 0 Å². The number of benzene rings is 3. The zero-order chi connectivity index (χ0) is 22.6. The molecule has 3 rings (SSSR count). The molecular weight excluding hydrogens is 426 g/mol. The van der Waals surface area contributed by atoms with Crippen molar-refractivity contribution in [3.63, 3.8) is 0 Å². The first-order valence-electron chi connectivity index (χ1n) is 9.16. The smallest absolute Gasteiger partial charge is 0.262 e. The fourth-order valence-corrected chi connectivity index (χ4v) is 4.03. The van der Waals surface area contributed by atoms with Gasteiger partial charge in [0.1, 0.15) is 5.82 Å². The van der Waals surface area contributed by atoms with E-state index >= 15 is 0 Å². The highest BCUT2D eigenvalue weighted by Crippen LogP contribution is 2.21. The van der Waals surface area contributed by atoms with E-state index in [4.69, 9.17) is 4.74 Å². The molecule has 0 saturated heterocycles. The number of rotatable bonds is 7. The molecule has 0 atom stereocenters. The van der Waals surface area contributed by atoms with Crippen LogP contribution in [0.15, 0.2) is 71.6 Å². The van der Waals surface area contributed by atoms with Crippen LogP contribution in [0.1, 0.15) is 15.9 Å². The zero-order valence-corrected chi connectivity index (χ0v) is 17.6. The van der Waals surface area contributed by atoms with Crippen LogP contribution < -0.4 is 9.46 Å². The SMILES string of the molecule is COc1ccc(CN(C)C(=O)c2cccc(S(=O)(=O)Nc3ccccc3F)c2)cc1F. The van der Waals surface area contributed by atoms with Crippen LogP contribution in [-0.2, 0) is 16.6 Å². The van der Waals surface area contributed by atoms with Crippen LogP contribution in [-0.4, -0.2) is 33.4 Å². The van der Waals surface area contributed by atoms with E-state index in [0.717, 1.165) is 6.07 Å². The molecule has 0 aliphatic carbocycles. The normalized spacial score (nSPS) is 11.1. The lowest BCUT2D eigenvalue weighted by Crippen LogP contribution is -2.26. The number of methoxy groups -OCH3 is 1. The number of anilines is 1. The molecule has 1 amide bonds. The molecule has 162 valence electrons. The van der Waals surface area contributed by atoms with Crippen LogP contribution in [0.3, 0.4) is 0 Å². The van der Waals surface area contributed by atoms with Crippen LogP contribution in [0, 0.1) is 11.6 Å². The molecule has 0 bridgehead atoms. The summed E-state index contributed by atoms with van der Waals surface area (Å²) in [6.07, 6.45) is 0. The number of sulfonamides is 1. The van der Waals surface area contributed by atoms with Crippen molar-refractivity contribution in [3.05, 3.63) is 89.5 Å². The van der Waals surface area contributed by atoms with Gasteiger partial charge in [-0.2, -0.15) is 0 Å². The van der Waals surface area contributed by atoms with Crippen LogP contribution in [0.2, 0.25) is 0 Å². The van der Waals surface area contributed by atoms with Gasteiger partial charge in [-0.05, 0) is 48.0 Å². The Hall–Kier alpha value is -3.46. The third-order valence-electron chi connectivity index (χ3n) is 4.49. The van der Waals surface area contributed by atoms with Crippen LogP contribution in [0.25, 0.3) is 0 Å². The molecule has 6 nitrogen and oxygen atoms in total. The van der Waals surface area contributed by atoms with Gasteiger partial charge < -0.3 is 9.64 Å².